The number of benzene rings is 2. The van der Waals surface area contributed by atoms with Gasteiger partial charge < -0.3 is 19.7 Å². The number of carbonyl (C=O) groups excluding carboxylic acids is 1. The highest BCUT2D eigenvalue weighted by molar-refractivity contribution is 6.31. The van der Waals surface area contributed by atoms with E-state index < -0.39 is 16.7 Å². The van der Waals surface area contributed by atoms with Crippen molar-refractivity contribution in [1.29, 1.82) is 0 Å². The Labute approximate surface area is 194 Å². The van der Waals surface area contributed by atoms with Crippen molar-refractivity contribution in [3.8, 4) is 11.5 Å². The number of hydrogen-bond acceptors (Lipinski definition) is 6. The average Bonchev–Trinajstić information content (AvgIpc) is 3.28. The van der Waals surface area contributed by atoms with E-state index >= 15 is 0 Å². The number of fused-ring (bicyclic) bond motifs is 1. The van der Waals surface area contributed by atoms with E-state index in [0.29, 0.717) is 41.9 Å². The molecule has 10 heteroatoms. The zero-order valence-corrected chi connectivity index (χ0v) is 18.7. The molecule has 0 unspecified atom stereocenters. The maximum absolute atomic E-state index is 14.4. The summed E-state index contributed by atoms with van der Waals surface area (Å²) in [5.41, 5.74) is 0.496. The van der Waals surface area contributed by atoms with E-state index in [1.807, 2.05) is 0 Å². The van der Waals surface area contributed by atoms with Crippen molar-refractivity contribution >= 4 is 39.9 Å². The molecule has 3 aromatic rings. The first kappa shape index (κ1) is 22.7. The summed E-state index contributed by atoms with van der Waals surface area (Å²) in [6.07, 6.45) is 4.99. The maximum atomic E-state index is 14.4. The average molecular weight is 475 g/mol. The third-order valence-electron chi connectivity index (χ3n) is 5.27. The number of ether oxygens (including phenoxy) is 2. The Balaban J connectivity index is 1.65. The quantitative estimate of drug-likeness (QED) is 0.406. The molecule has 0 saturated carbocycles. The zero-order chi connectivity index (χ0) is 23.5. The minimum atomic E-state index is -0.926. The van der Waals surface area contributed by atoms with Gasteiger partial charge in [0.25, 0.3) is 0 Å². The molecule has 1 saturated heterocycles. The molecule has 1 amide bonds. The maximum Gasteiger partial charge on any atom is 0.246 e. The summed E-state index contributed by atoms with van der Waals surface area (Å²) in [6.45, 7) is 2.83. The summed E-state index contributed by atoms with van der Waals surface area (Å²) in [4.78, 5) is 22.3. The van der Waals surface area contributed by atoms with E-state index in [2.05, 4.69) is 15.3 Å². The number of rotatable bonds is 6. The third kappa shape index (κ3) is 4.68. The summed E-state index contributed by atoms with van der Waals surface area (Å²) in [6, 6.07) is 5.68. The van der Waals surface area contributed by atoms with Gasteiger partial charge in [0.15, 0.2) is 17.3 Å². The monoisotopic (exact) mass is 474 g/mol. The van der Waals surface area contributed by atoms with Crippen LogP contribution in [0.4, 0.5) is 20.3 Å². The molecule has 1 aliphatic heterocycles. The highest BCUT2D eigenvalue weighted by atomic mass is 35.5. The van der Waals surface area contributed by atoms with Gasteiger partial charge in [0, 0.05) is 24.4 Å². The van der Waals surface area contributed by atoms with Gasteiger partial charge in [-0.3, -0.25) is 4.79 Å². The van der Waals surface area contributed by atoms with Gasteiger partial charge in [-0.1, -0.05) is 17.7 Å². The molecule has 0 aliphatic carbocycles. The number of hydrogen-bond donors (Lipinski definition) is 1. The van der Waals surface area contributed by atoms with Crippen LogP contribution in [-0.2, 0) is 4.79 Å². The Morgan fingerprint density at radius 2 is 2.09 bits per heavy atom. The van der Waals surface area contributed by atoms with Gasteiger partial charge in [-0.15, -0.1) is 0 Å². The molecule has 2 heterocycles. The van der Waals surface area contributed by atoms with Crippen LogP contribution in [0, 0.1) is 11.6 Å². The zero-order valence-electron chi connectivity index (χ0n) is 17.9. The molecule has 2 aromatic carbocycles. The SMILES string of the molecule is CC=CC(=O)N1CC[C@H](Oc2cc3c(Nc4ccc(F)c(Cl)c4F)ncnc3cc2OC)C1. The number of carbonyl (C=O) groups is 1. The summed E-state index contributed by atoms with van der Waals surface area (Å²) in [5.74, 6) is -0.664. The molecule has 0 spiro atoms. The van der Waals surface area contributed by atoms with Crippen molar-refractivity contribution in [2.75, 3.05) is 25.5 Å². The molecule has 1 N–H and O–H groups in total. The van der Waals surface area contributed by atoms with Gasteiger partial charge in [-0.25, -0.2) is 18.7 Å². The summed E-state index contributed by atoms with van der Waals surface area (Å²) >= 11 is 5.69. The number of anilines is 2. The van der Waals surface area contributed by atoms with E-state index in [9.17, 15) is 13.6 Å². The standard InChI is InChI=1S/C23H21ClF2N4O3/c1-3-4-20(31)30-8-7-13(11-30)33-19-9-14-17(10-18(19)32-2)27-12-28-23(14)29-16-6-5-15(25)21(24)22(16)26/h3-6,9-10,12-13H,7-8,11H2,1-2H3,(H,27,28,29)/t13-/m0/s1. The molecular formula is C23H21ClF2N4O3. The van der Waals surface area contributed by atoms with E-state index in [0.717, 1.165) is 6.07 Å². The second kappa shape index (κ2) is 9.58. The number of allylic oxidation sites excluding steroid dienone is 1. The lowest BCUT2D eigenvalue weighted by atomic mass is 10.2. The fourth-order valence-electron chi connectivity index (χ4n) is 3.62. The largest absolute Gasteiger partial charge is 0.493 e. The van der Waals surface area contributed by atoms with E-state index in [-0.39, 0.29) is 23.5 Å². The van der Waals surface area contributed by atoms with Crippen LogP contribution in [0.2, 0.25) is 5.02 Å². The lowest BCUT2D eigenvalue weighted by Crippen LogP contribution is -2.29. The van der Waals surface area contributed by atoms with Crippen LogP contribution in [-0.4, -0.2) is 47.1 Å². The van der Waals surface area contributed by atoms with E-state index in [1.165, 1.54) is 25.6 Å². The predicted molar refractivity (Wildman–Crippen MR) is 121 cm³/mol. The molecule has 7 nitrogen and oxygen atoms in total. The first-order chi connectivity index (χ1) is 15.9. The smallest absolute Gasteiger partial charge is 0.246 e. The fourth-order valence-corrected chi connectivity index (χ4v) is 3.78. The van der Waals surface area contributed by atoms with E-state index in [4.69, 9.17) is 21.1 Å². The molecule has 1 fully saturated rings. The van der Waals surface area contributed by atoms with Crippen LogP contribution in [0.3, 0.4) is 0 Å². The number of nitrogens with zero attached hydrogens (tertiary/aromatic N) is 3. The fraction of sp³-hybridized carbons (Fsp3) is 0.261. The molecule has 172 valence electrons. The molecule has 0 radical (unpaired) electrons. The minimum absolute atomic E-state index is 0.0337. The van der Waals surface area contributed by atoms with Gasteiger partial charge in [0.1, 0.15) is 29.1 Å². The molecule has 4 rings (SSSR count). The summed E-state index contributed by atoms with van der Waals surface area (Å²) in [7, 11) is 1.51. The molecule has 0 bridgehead atoms. The number of methoxy groups -OCH3 is 1. The summed E-state index contributed by atoms with van der Waals surface area (Å²) in [5, 5.41) is 2.77. The van der Waals surface area contributed by atoms with Crippen molar-refractivity contribution < 1.29 is 23.0 Å². The molecule has 1 atom stereocenters. The second-order valence-corrected chi connectivity index (χ2v) is 7.78. The number of likely N-dealkylation sites (tertiary alicyclic amines) is 1. The van der Waals surface area contributed by atoms with Crippen LogP contribution < -0.4 is 14.8 Å². The molecule has 33 heavy (non-hydrogen) atoms. The third-order valence-corrected chi connectivity index (χ3v) is 5.62. The number of halogens is 3. The molecule has 1 aliphatic rings. The Morgan fingerprint density at radius 1 is 1.27 bits per heavy atom. The van der Waals surface area contributed by atoms with Crippen LogP contribution >= 0.6 is 11.6 Å². The number of aromatic nitrogens is 2. The first-order valence-electron chi connectivity index (χ1n) is 10.2. The van der Waals surface area contributed by atoms with Gasteiger partial charge in [-0.2, -0.15) is 0 Å². The van der Waals surface area contributed by atoms with Gasteiger partial charge >= 0.3 is 0 Å². The van der Waals surface area contributed by atoms with Crippen molar-refractivity contribution in [3.63, 3.8) is 0 Å². The summed E-state index contributed by atoms with van der Waals surface area (Å²) < 4.78 is 39.6. The van der Waals surface area contributed by atoms with Crippen LogP contribution in [0.15, 0.2) is 42.7 Å². The first-order valence-corrected chi connectivity index (χ1v) is 10.6. The van der Waals surface area contributed by atoms with E-state index in [1.54, 1.807) is 30.0 Å². The van der Waals surface area contributed by atoms with Gasteiger partial charge in [-0.05, 0) is 31.2 Å². The minimum Gasteiger partial charge on any atom is -0.493 e. The highest BCUT2D eigenvalue weighted by Crippen LogP contribution is 2.37. The van der Waals surface area contributed by atoms with Crippen molar-refractivity contribution in [3.05, 3.63) is 59.4 Å². The van der Waals surface area contributed by atoms with Crippen LogP contribution in [0.5, 0.6) is 11.5 Å². The lowest BCUT2D eigenvalue weighted by Gasteiger charge is -2.18. The Kier molecular flexibility index (Phi) is 6.60. The lowest BCUT2D eigenvalue weighted by molar-refractivity contribution is -0.125. The Bertz CT molecular complexity index is 1240. The highest BCUT2D eigenvalue weighted by Gasteiger charge is 2.27. The predicted octanol–water partition coefficient (Wildman–Crippen LogP) is 4.87. The Hall–Kier alpha value is -3.46. The van der Waals surface area contributed by atoms with Gasteiger partial charge in [0.2, 0.25) is 5.91 Å². The number of nitrogens with one attached hydrogen (secondary N) is 1. The van der Waals surface area contributed by atoms with Crippen molar-refractivity contribution in [2.45, 2.75) is 19.4 Å². The van der Waals surface area contributed by atoms with Crippen molar-refractivity contribution in [1.82, 2.24) is 14.9 Å². The van der Waals surface area contributed by atoms with Crippen LogP contribution in [0.25, 0.3) is 10.9 Å². The number of amides is 1. The second-order valence-electron chi connectivity index (χ2n) is 7.40. The molecular weight excluding hydrogens is 454 g/mol. The molecule has 1 aromatic heterocycles. The van der Waals surface area contributed by atoms with Gasteiger partial charge in [0.05, 0.1) is 24.9 Å². The topological polar surface area (TPSA) is 76.6 Å². The van der Waals surface area contributed by atoms with Crippen LogP contribution in [0.1, 0.15) is 13.3 Å². The van der Waals surface area contributed by atoms with Crippen molar-refractivity contribution in [2.24, 2.45) is 0 Å². The Morgan fingerprint density at radius 3 is 2.85 bits per heavy atom. The normalized spacial score (nSPS) is 15.9.